The van der Waals surface area contributed by atoms with Crippen molar-refractivity contribution in [2.75, 3.05) is 0 Å². The minimum atomic E-state index is -2.40. The van der Waals surface area contributed by atoms with Gasteiger partial charge in [-0.05, 0) is 24.4 Å². The lowest BCUT2D eigenvalue weighted by atomic mass is 10.2. The van der Waals surface area contributed by atoms with E-state index in [-0.39, 0.29) is 0 Å². The summed E-state index contributed by atoms with van der Waals surface area (Å²) in [5, 5.41) is 0. The van der Waals surface area contributed by atoms with Gasteiger partial charge in [0, 0.05) is 0 Å². The van der Waals surface area contributed by atoms with Crippen molar-refractivity contribution >= 4 is 45.3 Å². The quantitative estimate of drug-likeness (QED) is 0.398. The lowest BCUT2D eigenvalue weighted by molar-refractivity contribution is 0.953. The van der Waals surface area contributed by atoms with Gasteiger partial charge in [-0.1, -0.05) is 42.5 Å². The Morgan fingerprint density at radius 3 is 2.33 bits per heavy atom. The van der Waals surface area contributed by atoms with Crippen LogP contribution in [0, 0.1) is 0 Å². The molecule has 0 bridgehead atoms. The fraction of sp³-hybridized carbons (Fsp3) is 0.273. The zero-order chi connectivity index (χ0) is 11.1. The van der Waals surface area contributed by atoms with Crippen LogP contribution in [0.4, 0.5) is 0 Å². The molecule has 0 atom stereocenters. The molecular weight excluding hydrogens is 267 g/mol. The first-order valence-corrected chi connectivity index (χ1v) is 10.1. The summed E-state index contributed by atoms with van der Waals surface area (Å²) in [7, 11) is 0. The average Bonchev–Trinajstić information content (AvgIpc) is 2.17. The van der Waals surface area contributed by atoms with Crippen molar-refractivity contribution in [1.82, 2.24) is 0 Å². The molecule has 82 valence electrons. The van der Waals surface area contributed by atoms with Crippen LogP contribution in [0.2, 0.25) is 6.04 Å². The van der Waals surface area contributed by atoms with Gasteiger partial charge in [-0.3, -0.25) is 0 Å². The standard InChI is InChI=1S/C11H13Cl3Si/c12-15(13,14)10-6-2-5-9-11-7-3-1-4-8-11/h1,3-5,7-9H,2,6,10H2/b9-5+. The van der Waals surface area contributed by atoms with Gasteiger partial charge < -0.3 is 0 Å². The van der Waals surface area contributed by atoms with Gasteiger partial charge in [0.25, 0.3) is 0 Å². The number of allylic oxidation sites excluding steroid dienone is 1. The van der Waals surface area contributed by atoms with E-state index in [0.717, 1.165) is 18.9 Å². The summed E-state index contributed by atoms with van der Waals surface area (Å²) in [6.07, 6.45) is 6.14. The average molecular weight is 280 g/mol. The van der Waals surface area contributed by atoms with Crippen LogP contribution in [0.3, 0.4) is 0 Å². The predicted molar refractivity (Wildman–Crippen MR) is 72.8 cm³/mol. The summed E-state index contributed by atoms with van der Waals surface area (Å²) in [5.74, 6) is 0. The molecule has 1 aromatic carbocycles. The number of hydrogen-bond donors (Lipinski definition) is 0. The van der Waals surface area contributed by atoms with Gasteiger partial charge in [-0.15, -0.1) is 33.2 Å². The van der Waals surface area contributed by atoms with E-state index in [2.05, 4.69) is 24.3 Å². The second-order valence-electron chi connectivity index (χ2n) is 3.32. The van der Waals surface area contributed by atoms with E-state index < -0.39 is 6.00 Å². The molecule has 0 fully saturated rings. The van der Waals surface area contributed by atoms with Crippen molar-refractivity contribution in [1.29, 1.82) is 0 Å². The molecule has 0 spiro atoms. The van der Waals surface area contributed by atoms with Crippen LogP contribution < -0.4 is 0 Å². The first-order valence-electron chi connectivity index (χ1n) is 4.86. The van der Waals surface area contributed by atoms with Crippen LogP contribution in [-0.2, 0) is 0 Å². The van der Waals surface area contributed by atoms with Crippen LogP contribution in [0.1, 0.15) is 18.4 Å². The van der Waals surface area contributed by atoms with Crippen LogP contribution >= 0.6 is 33.2 Å². The molecule has 1 rings (SSSR count). The summed E-state index contributed by atoms with van der Waals surface area (Å²) < 4.78 is 0. The van der Waals surface area contributed by atoms with Crippen molar-refractivity contribution in [2.45, 2.75) is 18.9 Å². The molecule has 0 aliphatic rings. The minimum Gasteiger partial charge on any atom is -0.126 e. The second-order valence-corrected chi connectivity index (χ2v) is 12.6. The highest BCUT2D eigenvalue weighted by atomic mass is 35.8. The SMILES string of the molecule is Cl[Si](Cl)(Cl)CCC/C=C/c1ccccc1. The molecule has 0 aliphatic carbocycles. The van der Waals surface area contributed by atoms with E-state index in [1.807, 2.05) is 18.2 Å². The largest absolute Gasteiger partial charge is 0.341 e. The topological polar surface area (TPSA) is 0 Å². The summed E-state index contributed by atoms with van der Waals surface area (Å²) in [6.45, 7) is 0. The monoisotopic (exact) mass is 278 g/mol. The van der Waals surface area contributed by atoms with Gasteiger partial charge in [0.2, 0.25) is 0 Å². The Kier molecular flexibility index (Phi) is 5.76. The highest BCUT2D eigenvalue weighted by Crippen LogP contribution is 2.27. The molecule has 0 heterocycles. The maximum absolute atomic E-state index is 5.77. The molecule has 1 aromatic rings. The number of rotatable bonds is 5. The van der Waals surface area contributed by atoms with Gasteiger partial charge >= 0.3 is 6.00 Å². The Hall–Kier alpha value is 0.0469. The van der Waals surface area contributed by atoms with Gasteiger partial charge in [-0.25, -0.2) is 0 Å². The van der Waals surface area contributed by atoms with Crippen molar-refractivity contribution < 1.29 is 0 Å². The Bertz CT molecular complexity index is 303. The molecule has 0 amide bonds. The number of hydrogen-bond acceptors (Lipinski definition) is 0. The molecule has 15 heavy (non-hydrogen) atoms. The maximum Gasteiger partial charge on any atom is 0.341 e. The van der Waals surface area contributed by atoms with E-state index in [0.29, 0.717) is 0 Å². The lowest BCUT2D eigenvalue weighted by Crippen LogP contribution is -2.07. The highest BCUT2D eigenvalue weighted by Gasteiger charge is 2.23. The van der Waals surface area contributed by atoms with Crippen LogP contribution in [0.15, 0.2) is 36.4 Å². The fourth-order valence-electron chi connectivity index (χ4n) is 1.20. The first-order chi connectivity index (χ1) is 7.08. The van der Waals surface area contributed by atoms with E-state index in [1.54, 1.807) is 0 Å². The normalized spacial score (nSPS) is 12.2. The predicted octanol–water partition coefficient (Wildman–Crippen LogP) is 5.14. The third-order valence-electron chi connectivity index (χ3n) is 1.94. The summed E-state index contributed by atoms with van der Waals surface area (Å²) >= 11 is 17.3. The number of halogens is 3. The smallest absolute Gasteiger partial charge is 0.126 e. The molecule has 0 saturated heterocycles. The molecule has 0 N–H and O–H groups in total. The van der Waals surface area contributed by atoms with E-state index in [1.165, 1.54) is 5.56 Å². The fourth-order valence-corrected chi connectivity index (χ4v) is 3.01. The second kappa shape index (κ2) is 6.59. The Morgan fingerprint density at radius 1 is 1.07 bits per heavy atom. The summed E-state index contributed by atoms with van der Waals surface area (Å²) in [4.78, 5) is 0. The van der Waals surface area contributed by atoms with Gasteiger partial charge in [0.05, 0.1) is 0 Å². The lowest BCUT2D eigenvalue weighted by Gasteiger charge is -2.04. The molecule has 0 saturated carbocycles. The van der Waals surface area contributed by atoms with Crippen molar-refractivity contribution in [3.05, 3.63) is 42.0 Å². The molecule has 4 heteroatoms. The number of benzene rings is 1. The molecule has 0 aliphatic heterocycles. The maximum atomic E-state index is 5.77. The molecule has 0 aromatic heterocycles. The van der Waals surface area contributed by atoms with Gasteiger partial charge in [0.15, 0.2) is 0 Å². The Morgan fingerprint density at radius 2 is 1.73 bits per heavy atom. The molecule has 0 unspecified atom stereocenters. The van der Waals surface area contributed by atoms with Crippen LogP contribution in [0.25, 0.3) is 6.08 Å². The van der Waals surface area contributed by atoms with Crippen molar-refractivity contribution in [3.8, 4) is 0 Å². The van der Waals surface area contributed by atoms with E-state index >= 15 is 0 Å². The van der Waals surface area contributed by atoms with Gasteiger partial charge in [0.1, 0.15) is 0 Å². The Labute approximate surface area is 106 Å². The first kappa shape index (κ1) is 13.1. The zero-order valence-corrected chi connectivity index (χ0v) is 11.6. The molecule has 0 radical (unpaired) electrons. The number of unbranched alkanes of at least 4 members (excludes halogenated alkanes) is 1. The summed E-state index contributed by atoms with van der Waals surface area (Å²) in [6, 6.07) is 8.52. The van der Waals surface area contributed by atoms with Gasteiger partial charge in [-0.2, -0.15) is 0 Å². The van der Waals surface area contributed by atoms with E-state index in [4.69, 9.17) is 33.2 Å². The molecular formula is C11H13Cl3Si. The van der Waals surface area contributed by atoms with Crippen molar-refractivity contribution in [2.24, 2.45) is 0 Å². The zero-order valence-electron chi connectivity index (χ0n) is 8.30. The minimum absolute atomic E-state index is 0.733. The van der Waals surface area contributed by atoms with E-state index in [9.17, 15) is 0 Å². The third kappa shape index (κ3) is 7.02. The molecule has 0 nitrogen and oxygen atoms in total. The van der Waals surface area contributed by atoms with Crippen LogP contribution in [-0.4, -0.2) is 6.00 Å². The third-order valence-corrected chi connectivity index (χ3v) is 4.56. The summed E-state index contributed by atoms with van der Waals surface area (Å²) in [5.41, 5.74) is 1.21. The Balaban J connectivity index is 2.24. The highest BCUT2D eigenvalue weighted by molar-refractivity contribution is 7.64. The van der Waals surface area contributed by atoms with Crippen LogP contribution in [0.5, 0.6) is 0 Å². The van der Waals surface area contributed by atoms with Crippen molar-refractivity contribution in [3.63, 3.8) is 0 Å².